The van der Waals surface area contributed by atoms with Gasteiger partial charge in [0.2, 0.25) is 0 Å². The molecule has 0 spiro atoms. The van der Waals surface area contributed by atoms with Crippen molar-refractivity contribution in [1.29, 1.82) is 0 Å². The van der Waals surface area contributed by atoms with Crippen molar-refractivity contribution in [3.8, 4) is 0 Å². The van der Waals surface area contributed by atoms with Crippen molar-refractivity contribution in [2.24, 2.45) is 11.3 Å². The maximum atomic E-state index is 11.8. The highest BCUT2D eigenvalue weighted by Crippen LogP contribution is 2.37. The number of carbonyl (C=O) groups excluding carboxylic acids is 1. The van der Waals surface area contributed by atoms with Crippen LogP contribution >= 0.6 is 0 Å². The van der Waals surface area contributed by atoms with Gasteiger partial charge in [0.25, 0.3) is 0 Å². The van der Waals surface area contributed by atoms with Crippen LogP contribution in [0.15, 0.2) is 0 Å². The van der Waals surface area contributed by atoms with Crippen molar-refractivity contribution in [3.63, 3.8) is 0 Å². The third-order valence-electron chi connectivity index (χ3n) is 3.73. The molecule has 0 aliphatic carbocycles. The summed E-state index contributed by atoms with van der Waals surface area (Å²) in [6.07, 6.45) is 0.381. The summed E-state index contributed by atoms with van der Waals surface area (Å²) in [5.74, 6) is 0.144. The molecule has 0 bridgehead atoms. The predicted octanol–water partition coefficient (Wildman–Crippen LogP) is 1.23. The summed E-state index contributed by atoms with van der Waals surface area (Å²) in [6.45, 7) is 8.44. The molecule has 5 nitrogen and oxygen atoms in total. The molecule has 18 heavy (non-hydrogen) atoms. The highest BCUT2D eigenvalue weighted by Gasteiger charge is 2.45. The largest absolute Gasteiger partial charge is 0.444 e. The van der Waals surface area contributed by atoms with Crippen molar-refractivity contribution in [2.75, 3.05) is 26.3 Å². The molecule has 0 aromatic heterocycles. The first-order chi connectivity index (χ1) is 8.28. The summed E-state index contributed by atoms with van der Waals surface area (Å²) in [6, 6.07) is 0. The zero-order valence-electron chi connectivity index (χ0n) is 11.8. The number of aliphatic hydroxyl groups is 2. The van der Waals surface area contributed by atoms with Gasteiger partial charge in [0.15, 0.2) is 0 Å². The lowest BCUT2D eigenvalue weighted by Gasteiger charge is -2.48. The fourth-order valence-electron chi connectivity index (χ4n) is 2.16. The Labute approximate surface area is 109 Å². The van der Waals surface area contributed by atoms with E-state index in [2.05, 4.69) is 0 Å². The van der Waals surface area contributed by atoms with Gasteiger partial charge in [-0.3, -0.25) is 0 Å². The second kappa shape index (κ2) is 5.45. The van der Waals surface area contributed by atoms with Crippen LogP contribution in [0.1, 0.15) is 34.1 Å². The molecular formula is C13H25NO4. The quantitative estimate of drug-likeness (QED) is 0.797. The molecule has 1 heterocycles. The summed E-state index contributed by atoms with van der Waals surface area (Å²) in [4.78, 5) is 13.4. The Bertz CT molecular complexity index is 280. The van der Waals surface area contributed by atoms with E-state index >= 15 is 0 Å². The molecule has 1 aliphatic heterocycles. The third kappa shape index (κ3) is 3.14. The van der Waals surface area contributed by atoms with Crippen LogP contribution < -0.4 is 0 Å². The van der Waals surface area contributed by atoms with E-state index in [1.165, 1.54) is 0 Å². The lowest BCUT2D eigenvalue weighted by Crippen LogP contribution is -2.59. The van der Waals surface area contributed by atoms with Crippen LogP contribution in [0.3, 0.4) is 0 Å². The first-order valence-corrected chi connectivity index (χ1v) is 6.47. The molecule has 2 N–H and O–H groups in total. The summed E-state index contributed by atoms with van der Waals surface area (Å²) in [7, 11) is 0. The van der Waals surface area contributed by atoms with Gasteiger partial charge in [-0.15, -0.1) is 0 Å². The molecule has 5 heteroatoms. The first-order valence-electron chi connectivity index (χ1n) is 6.47. The molecule has 1 aliphatic rings. The Balaban J connectivity index is 2.51. The van der Waals surface area contributed by atoms with E-state index in [4.69, 9.17) is 4.74 Å². The zero-order valence-corrected chi connectivity index (χ0v) is 11.8. The summed E-state index contributed by atoms with van der Waals surface area (Å²) < 4.78 is 5.27. The SMILES string of the molecule is CCC(CO)(CO)C1CN(C(=O)OC(C)(C)C)C1. The molecule has 0 atom stereocenters. The van der Waals surface area contributed by atoms with E-state index in [9.17, 15) is 15.0 Å². The average Bonchev–Trinajstić information content (AvgIpc) is 2.20. The number of aliphatic hydroxyl groups excluding tert-OH is 2. The van der Waals surface area contributed by atoms with E-state index in [0.717, 1.165) is 0 Å². The Morgan fingerprint density at radius 3 is 2.11 bits per heavy atom. The summed E-state index contributed by atoms with van der Waals surface area (Å²) >= 11 is 0. The molecule has 0 unspecified atom stereocenters. The van der Waals surface area contributed by atoms with Gasteiger partial charge in [0, 0.05) is 24.4 Å². The number of amides is 1. The molecule has 0 radical (unpaired) electrons. The van der Waals surface area contributed by atoms with Gasteiger partial charge in [-0.25, -0.2) is 4.79 Å². The number of ether oxygens (including phenoxy) is 1. The van der Waals surface area contributed by atoms with Gasteiger partial charge in [0.05, 0.1) is 13.2 Å². The molecular weight excluding hydrogens is 234 g/mol. The number of hydrogen-bond donors (Lipinski definition) is 2. The number of likely N-dealkylation sites (tertiary alicyclic amines) is 1. The van der Waals surface area contributed by atoms with Gasteiger partial charge in [-0.05, 0) is 27.2 Å². The maximum Gasteiger partial charge on any atom is 0.410 e. The monoisotopic (exact) mass is 259 g/mol. The molecule has 1 fully saturated rings. The normalized spacial score (nSPS) is 17.6. The first kappa shape index (κ1) is 15.2. The van der Waals surface area contributed by atoms with Crippen molar-refractivity contribution in [2.45, 2.75) is 39.7 Å². The van der Waals surface area contributed by atoms with Gasteiger partial charge < -0.3 is 19.8 Å². The van der Waals surface area contributed by atoms with Crippen LogP contribution in [0.2, 0.25) is 0 Å². The van der Waals surface area contributed by atoms with Gasteiger partial charge in [0.1, 0.15) is 5.60 Å². The van der Waals surface area contributed by atoms with E-state index in [-0.39, 0.29) is 25.2 Å². The summed E-state index contributed by atoms with van der Waals surface area (Å²) in [5.41, 5.74) is -0.962. The van der Waals surface area contributed by atoms with Crippen molar-refractivity contribution in [1.82, 2.24) is 4.90 Å². The highest BCUT2D eigenvalue weighted by atomic mass is 16.6. The van der Waals surface area contributed by atoms with Gasteiger partial charge in [-0.1, -0.05) is 6.92 Å². The fourth-order valence-corrected chi connectivity index (χ4v) is 2.16. The Morgan fingerprint density at radius 2 is 1.78 bits per heavy atom. The van der Waals surface area contributed by atoms with E-state index in [1.807, 2.05) is 27.7 Å². The number of rotatable bonds is 4. The number of carbonyl (C=O) groups is 1. The molecule has 0 aromatic rings. The molecule has 0 saturated carbocycles. The molecule has 106 valence electrons. The third-order valence-corrected chi connectivity index (χ3v) is 3.73. The van der Waals surface area contributed by atoms with Crippen molar-refractivity contribution in [3.05, 3.63) is 0 Å². The number of hydrogen-bond acceptors (Lipinski definition) is 4. The highest BCUT2D eigenvalue weighted by molar-refractivity contribution is 5.69. The second-order valence-electron chi connectivity index (χ2n) is 6.11. The van der Waals surface area contributed by atoms with Crippen LogP contribution in [0.25, 0.3) is 0 Å². The van der Waals surface area contributed by atoms with Crippen LogP contribution in [-0.4, -0.2) is 53.1 Å². The van der Waals surface area contributed by atoms with Gasteiger partial charge >= 0.3 is 6.09 Å². The summed E-state index contributed by atoms with van der Waals surface area (Å²) in [5, 5.41) is 18.9. The fraction of sp³-hybridized carbons (Fsp3) is 0.923. The Hall–Kier alpha value is -0.810. The Morgan fingerprint density at radius 1 is 1.28 bits per heavy atom. The standard InChI is InChI=1S/C13H25NO4/c1-5-13(8-15,9-16)10-6-14(7-10)11(17)18-12(2,3)4/h10,15-16H,5-9H2,1-4H3. The molecule has 1 saturated heterocycles. The molecule has 0 aromatic carbocycles. The van der Waals surface area contributed by atoms with Gasteiger partial charge in [-0.2, -0.15) is 0 Å². The van der Waals surface area contributed by atoms with Crippen LogP contribution in [-0.2, 0) is 4.74 Å². The van der Waals surface area contributed by atoms with Crippen molar-refractivity contribution < 1.29 is 19.7 Å². The second-order valence-corrected chi connectivity index (χ2v) is 6.11. The van der Waals surface area contributed by atoms with Crippen LogP contribution in [0.5, 0.6) is 0 Å². The smallest absolute Gasteiger partial charge is 0.410 e. The Kier molecular flexibility index (Phi) is 4.61. The van der Waals surface area contributed by atoms with Crippen molar-refractivity contribution >= 4 is 6.09 Å². The van der Waals surface area contributed by atoms with E-state index in [1.54, 1.807) is 4.90 Å². The number of nitrogens with zero attached hydrogens (tertiary/aromatic N) is 1. The van der Waals surface area contributed by atoms with E-state index in [0.29, 0.717) is 19.5 Å². The minimum Gasteiger partial charge on any atom is -0.444 e. The molecule has 1 rings (SSSR count). The lowest BCUT2D eigenvalue weighted by molar-refractivity contribution is -0.0732. The maximum absolute atomic E-state index is 11.8. The lowest BCUT2D eigenvalue weighted by atomic mass is 9.70. The zero-order chi connectivity index (χ0) is 14.0. The molecule has 1 amide bonds. The topological polar surface area (TPSA) is 70.0 Å². The van der Waals surface area contributed by atoms with Crippen LogP contribution in [0, 0.1) is 11.3 Å². The van der Waals surface area contributed by atoms with E-state index < -0.39 is 11.0 Å². The average molecular weight is 259 g/mol. The minimum atomic E-state index is -0.488. The predicted molar refractivity (Wildman–Crippen MR) is 68.2 cm³/mol. The van der Waals surface area contributed by atoms with Crippen LogP contribution in [0.4, 0.5) is 4.79 Å². The minimum absolute atomic E-state index is 0.0488.